The highest BCUT2D eigenvalue weighted by molar-refractivity contribution is 6.51. The zero-order valence-electron chi connectivity index (χ0n) is 29.3. The molecule has 3 saturated carbocycles. The van der Waals surface area contributed by atoms with Gasteiger partial charge in [0.25, 0.3) is 5.91 Å². The molecule has 1 heterocycles. The van der Waals surface area contributed by atoms with Gasteiger partial charge < -0.3 is 30.9 Å². The lowest BCUT2D eigenvalue weighted by Gasteiger charge is -2.37. The van der Waals surface area contributed by atoms with E-state index in [1.54, 1.807) is 27.7 Å². The molecule has 1 aliphatic heterocycles. The van der Waals surface area contributed by atoms with Crippen LogP contribution in [0.5, 0.6) is 0 Å². The topological polar surface area (TPSA) is 163 Å². The first-order valence-corrected chi connectivity index (χ1v) is 18.1. The largest absolute Gasteiger partial charge is 0.458 e. The van der Waals surface area contributed by atoms with Crippen molar-refractivity contribution in [1.29, 1.82) is 0 Å². The molecule has 3 aliphatic carbocycles. The summed E-state index contributed by atoms with van der Waals surface area (Å²) >= 11 is 13.2. The Morgan fingerprint density at radius 2 is 1.52 bits per heavy atom. The highest BCUT2D eigenvalue weighted by Gasteiger charge is 2.74. The SMILES string of the molecule is CCNC(=O)C(=O)C(CC1CC1)NC(=O)[C@@H]1[C@@H]2[C@H](CN1C(=O)[C@@H](NC(=O)N[C@H](C(=O)OC(C)(C)C)C(C)(C)C)C1CCCCC1)C2(Cl)Cl. The maximum Gasteiger partial charge on any atom is 0.329 e. The van der Waals surface area contributed by atoms with Crippen LogP contribution in [0.4, 0.5) is 4.79 Å². The smallest absolute Gasteiger partial charge is 0.329 e. The summed E-state index contributed by atoms with van der Waals surface area (Å²) in [6, 6.07) is -4.84. The zero-order chi connectivity index (χ0) is 35.8. The van der Waals surface area contributed by atoms with Crippen molar-refractivity contribution in [3.05, 3.63) is 0 Å². The number of alkyl halides is 2. The fourth-order valence-electron chi connectivity index (χ4n) is 7.05. The molecule has 5 amide bonds. The number of nitrogens with one attached hydrogen (secondary N) is 4. The van der Waals surface area contributed by atoms with Gasteiger partial charge in [-0.05, 0) is 64.2 Å². The van der Waals surface area contributed by atoms with Crippen molar-refractivity contribution < 1.29 is 33.5 Å². The van der Waals surface area contributed by atoms with Gasteiger partial charge in [0.1, 0.15) is 28.1 Å². The summed E-state index contributed by atoms with van der Waals surface area (Å²) < 4.78 is 4.35. The minimum absolute atomic E-state index is 0.0984. The van der Waals surface area contributed by atoms with Gasteiger partial charge in [-0.15, -0.1) is 23.2 Å². The Hall–Kier alpha value is -2.60. The van der Waals surface area contributed by atoms with Gasteiger partial charge in [0.15, 0.2) is 0 Å². The number of halogens is 2. The molecular weight excluding hydrogens is 661 g/mol. The molecule has 4 aliphatic rings. The summed E-state index contributed by atoms with van der Waals surface area (Å²) in [5.41, 5.74) is -1.47. The predicted molar refractivity (Wildman–Crippen MR) is 181 cm³/mol. The number of rotatable bonds is 12. The standard InChI is InChI=1S/C34H53Cl2N5O7/c1-8-37-28(44)25(42)21(16-18-14-15-18)38-27(43)24-22-20(34(22,35)36)17-41(24)29(45)23(19-12-10-9-11-13-19)39-31(47)40-26(32(2,3)4)30(46)48-33(5,6)7/h18-24,26H,8-17H2,1-7H3,(H,37,44)(H,38,43)(H2,39,40,47)/t20-,21?,22-,23-,24-,26+/m0/s1. The van der Waals surface area contributed by atoms with E-state index in [9.17, 15) is 28.8 Å². The van der Waals surface area contributed by atoms with Crippen LogP contribution in [-0.4, -0.2) is 87.6 Å². The molecule has 1 saturated heterocycles. The number of ether oxygens (including phenoxy) is 1. The number of hydrogen-bond acceptors (Lipinski definition) is 7. The van der Waals surface area contributed by atoms with Crippen molar-refractivity contribution in [3.63, 3.8) is 0 Å². The summed E-state index contributed by atoms with van der Waals surface area (Å²) in [6.45, 7) is 12.7. The summed E-state index contributed by atoms with van der Waals surface area (Å²) in [4.78, 5) is 82.1. The molecule has 0 bridgehead atoms. The number of nitrogens with zero attached hydrogens (tertiary/aromatic N) is 1. The number of urea groups is 1. The van der Waals surface area contributed by atoms with Gasteiger partial charge in [-0.2, -0.15) is 0 Å². The fraction of sp³-hybridized carbons (Fsp3) is 0.824. The Labute approximate surface area is 293 Å². The number of likely N-dealkylation sites (tertiary alicyclic amines) is 1. The monoisotopic (exact) mass is 713 g/mol. The van der Waals surface area contributed by atoms with Gasteiger partial charge in [0.2, 0.25) is 17.6 Å². The fourth-order valence-corrected chi connectivity index (χ4v) is 7.87. The number of fused-ring (bicyclic) bond motifs is 1. The number of amides is 5. The molecule has 0 aromatic carbocycles. The highest BCUT2D eigenvalue weighted by Crippen LogP contribution is 2.65. The van der Waals surface area contributed by atoms with Crippen molar-refractivity contribution in [2.75, 3.05) is 13.1 Å². The molecule has 12 nitrogen and oxygen atoms in total. The summed E-state index contributed by atoms with van der Waals surface area (Å²) in [5, 5.41) is 10.9. The molecule has 1 unspecified atom stereocenters. The van der Waals surface area contributed by atoms with Gasteiger partial charge >= 0.3 is 12.0 Å². The van der Waals surface area contributed by atoms with Crippen LogP contribution < -0.4 is 21.3 Å². The molecule has 0 radical (unpaired) electrons. The number of carbonyl (C=O) groups excluding carboxylic acids is 6. The Morgan fingerprint density at radius 1 is 0.896 bits per heavy atom. The molecule has 4 fully saturated rings. The quantitative estimate of drug-likeness (QED) is 0.136. The lowest BCUT2D eigenvalue weighted by atomic mass is 9.83. The highest BCUT2D eigenvalue weighted by atomic mass is 35.5. The average molecular weight is 715 g/mol. The molecular formula is C34H53Cl2N5O7. The van der Waals surface area contributed by atoms with Gasteiger partial charge in [0, 0.05) is 24.9 Å². The third-order valence-corrected chi connectivity index (χ3v) is 10.9. The number of likely N-dealkylation sites (N-methyl/N-ethyl adjacent to an activating group) is 1. The van der Waals surface area contributed by atoms with Crippen LogP contribution in [0.15, 0.2) is 0 Å². The Kier molecular flexibility index (Phi) is 11.7. The van der Waals surface area contributed by atoms with E-state index < -0.39 is 80.9 Å². The number of ketones is 1. The second-order valence-electron chi connectivity index (χ2n) is 16.0. The van der Waals surface area contributed by atoms with Crippen molar-refractivity contribution in [1.82, 2.24) is 26.2 Å². The van der Waals surface area contributed by atoms with E-state index in [0.29, 0.717) is 19.3 Å². The predicted octanol–water partition coefficient (Wildman–Crippen LogP) is 3.61. The summed E-state index contributed by atoms with van der Waals surface area (Å²) in [5.74, 6) is -4.09. The van der Waals surface area contributed by atoms with E-state index in [0.717, 1.165) is 32.1 Å². The molecule has 0 spiro atoms. The van der Waals surface area contributed by atoms with Crippen molar-refractivity contribution in [2.45, 2.75) is 134 Å². The van der Waals surface area contributed by atoms with Crippen molar-refractivity contribution in [3.8, 4) is 0 Å². The van der Waals surface area contributed by atoms with E-state index in [4.69, 9.17) is 27.9 Å². The van der Waals surface area contributed by atoms with Crippen LogP contribution in [0.2, 0.25) is 0 Å². The number of carbonyl (C=O) groups is 6. The molecule has 0 aromatic rings. The lowest BCUT2D eigenvalue weighted by Crippen LogP contribution is -2.62. The van der Waals surface area contributed by atoms with Crippen LogP contribution >= 0.6 is 23.2 Å². The normalized spacial score (nSPS) is 25.5. The van der Waals surface area contributed by atoms with Gasteiger partial charge in [0.05, 0.1) is 6.04 Å². The third kappa shape index (κ3) is 9.14. The summed E-state index contributed by atoms with van der Waals surface area (Å²) in [7, 11) is 0. The molecule has 14 heteroatoms. The van der Waals surface area contributed by atoms with Gasteiger partial charge in [-0.1, -0.05) is 52.9 Å². The second kappa shape index (κ2) is 14.7. The Balaban J connectivity index is 1.56. The minimum Gasteiger partial charge on any atom is -0.458 e. The van der Waals surface area contributed by atoms with E-state index in [2.05, 4.69) is 21.3 Å². The maximum atomic E-state index is 14.5. The Bertz CT molecular complexity index is 1270. The van der Waals surface area contributed by atoms with Crippen LogP contribution in [0.25, 0.3) is 0 Å². The van der Waals surface area contributed by atoms with E-state index in [-0.39, 0.29) is 30.8 Å². The summed E-state index contributed by atoms with van der Waals surface area (Å²) in [6.07, 6.45) is 6.30. The molecule has 270 valence electrons. The first kappa shape index (κ1) is 38.2. The van der Waals surface area contributed by atoms with E-state index >= 15 is 0 Å². The van der Waals surface area contributed by atoms with Gasteiger partial charge in [-0.25, -0.2) is 9.59 Å². The van der Waals surface area contributed by atoms with Gasteiger partial charge in [-0.3, -0.25) is 19.2 Å². The van der Waals surface area contributed by atoms with E-state index in [1.807, 2.05) is 20.8 Å². The molecule has 4 rings (SSSR count). The average Bonchev–Trinajstić information content (AvgIpc) is 3.84. The molecule has 48 heavy (non-hydrogen) atoms. The number of piperidine rings is 1. The molecule has 0 aromatic heterocycles. The molecule has 4 N–H and O–H groups in total. The van der Waals surface area contributed by atoms with Crippen LogP contribution in [0, 0.1) is 29.1 Å². The maximum absolute atomic E-state index is 14.5. The van der Waals surface area contributed by atoms with Crippen LogP contribution in [0.3, 0.4) is 0 Å². The van der Waals surface area contributed by atoms with E-state index in [1.165, 1.54) is 4.90 Å². The zero-order valence-corrected chi connectivity index (χ0v) is 30.8. The molecule has 6 atom stereocenters. The first-order chi connectivity index (χ1) is 22.3. The third-order valence-electron chi connectivity index (χ3n) is 9.80. The number of Topliss-reactive ketones (excluding diaryl/α,β-unsaturated/α-hetero) is 1. The van der Waals surface area contributed by atoms with Crippen molar-refractivity contribution >= 4 is 58.7 Å². The van der Waals surface area contributed by atoms with Crippen LogP contribution in [0.1, 0.15) is 99.8 Å². The van der Waals surface area contributed by atoms with Crippen LogP contribution in [-0.2, 0) is 28.7 Å². The lowest BCUT2D eigenvalue weighted by molar-refractivity contribution is -0.160. The number of hydrogen-bond donors (Lipinski definition) is 4. The van der Waals surface area contributed by atoms with Crippen molar-refractivity contribution in [2.24, 2.45) is 29.1 Å². The number of esters is 1. The second-order valence-corrected chi connectivity index (χ2v) is 17.5. The Morgan fingerprint density at radius 3 is 2.06 bits per heavy atom. The first-order valence-electron chi connectivity index (χ1n) is 17.4. The minimum atomic E-state index is -1.23.